The molecule has 0 aromatic heterocycles. The molecule has 2 aromatic rings. The van der Waals surface area contributed by atoms with Gasteiger partial charge in [-0.3, -0.25) is 4.79 Å². The van der Waals surface area contributed by atoms with Crippen LogP contribution < -0.4 is 14.8 Å². The largest absolute Gasteiger partial charge is 0.486 e. The van der Waals surface area contributed by atoms with Crippen molar-refractivity contribution in [2.45, 2.75) is 25.9 Å². The fourth-order valence-electron chi connectivity index (χ4n) is 2.39. The molecule has 0 aliphatic carbocycles. The van der Waals surface area contributed by atoms with Crippen LogP contribution in [0.1, 0.15) is 18.4 Å². The highest BCUT2D eigenvalue weighted by molar-refractivity contribution is 6.31. The maximum Gasteiger partial charge on any atom is 0.224 e. The van der Waals surface area contributed by atoms with E-state index in [4.69, 9.17) is 21.1 Å². The number of carbonyl (C=O) groups is 1. The Hall–Kier alpha value is -2.20. The lowest BCUT2D eigenvalue weighted by Gasteiger charge is -2.26. The molecule has 3 rings (SSSR count). The second-order valence-electron chi connectivity index (χ2n) is 5.55. The Balaban J connectivity index is 1.51. The standard InChI is InChI=1S/C18H18ClNO3/c1-12-6-7-13(10-15(12)19)20-18(21)9-8-14-11-22-16-4-2-3-5-17(16)23-14/h2-7,10,14H,8-9,11H2,1H3,(H,20,21)/t14-/m0/s1. The highest BCUT2D eigenvalue weighted by Gasteiger charge is 2.21. The van der Waals surface area contributed by atoms with E-state index in [1.165, 1.54) is 0 Å². The van der Waals surface area contributed by atoms with Crippen molar-refractivity contribution >= 4 is 23.2 Å². The number of hydrogen-bond acceptors (Lipinski definition) is 3. The number of para-hydroxylation sites is 2. The number of halogens is 1. The molecule has 2 aromatic carbocycles. The van der Waals surface area contributed by atoms with Crippen molar-refractivity contribution in [2.75, 3.05) is 11.9 Å². The topological polar surface area (TPSA) is 47.6 Å². The minimum Gasteiger partial charge on any atom is -0.486 e. The third-order valence-corrected chi connectivity index (χ3v) is 4.12. The lowest BCUT2D eigenvalue weighted by molar-refractivity contribution is -0.116. The normalized spacial score (nSPS) is 16.0. The molecule has 1 aliphatic rings. The molecule has 120 valence electrons. The Labute approximate surface area is 140 Å². The van der Waals surface area contributed by atoms with E-state index in [-0.39, 0.29) is 12.0 Å². The van der Waals surface area contributed by atoms with Gasteiger partial charge >= 0.3 is 0 Å². The molecular formula is C18H18ClNO3. The van der Waals surface area contributed by atoms with Crippen LogP contribution in [0, 0.1) is 6.92 Å². The molecule has 0 spiro atoms. The minimum atomic E-state index is -0.114. The molecule has 5 heteroatoms. The molecule has 1 heterocycles. The molecule has 0 saturated heterocycles. The number of nitrogens with one attached hydrogen (secondary N) is 1. The molecule has 0 bridgehead atoms. The number of hydrogen-bond donors (Lipinski definition) is 1. The highest BCUT2D eigenvalue weighted by Crippen LogP contribution is 2.31. The summed E-state index contributed by atoms with van der Waals surface area (Å²) in [6.45, 7) is 2.38. The van der Waals surface area contributed by atoms with Gasteiger partial charge in [0, 0.05) is 17.1 Å². The molecule has 1 amide bonds. The number of fused-ring (bicyclic) bond motifs is 1. The number of ether oxygens (including phenoxy) is 2. The molecule has 1 atom stereocenters. The first-order chi connectivity index (χ1) is 11.1. The predicted molar refractivity (Wildman–Crippen MR) is 90.4 cm³/mol. The zero-order valence-electron chi connectivity index (χ0n) is 12.8. The van der Waals surface area contributed by atoms with E-state index in [2.05, 4.69) is 5.32 Å². The average molecular weight is 332 g/mol. The molecule has 0 fully saturated rings. The van der Waals surface area contributed by atoms with Crippen LogP contribution in [0.3, 0.4) is 0 Å². The zero-order valence-corrected chi connectivity index (χ0v) is 13.6. The Morgan fingerprint density at radius 3 is 2.83 bits per heavy atom. The molecular weight excluding hydrogens is 314 g/mol. The zero-order chi connectivity index (χ0) is 16.2. The van der Waals surface area contributed by atoms with Gasteiger partial charge in [-0.25, -0.2) is 0 Å². The molecule has 1 N–H and O–H groups in total. The van der Waals surface area contributed by atoms with Crippen molar-refractivity contribution in [1.29, 1.82) is 0 Å². The number of rotatable bonds is 4. The van der Waals surface area contributed by atoms with Crippen molar-refractivity contribution < 1.29 is 14.3 Å². The molecule has 0 radical (unpaired) electrons. The lowest BCUT2D eigenvalue weighted by Crippen LogP contribution is -2.30. The van der Waals surface area contributed by atoms with Crippen LogP contribution in [0.5, 0.6) is 11.5 Å². The van der Waals surface area contributed by atoms with Gasteiger partial charge in [-0.05, 0) is 43.2 Å². The Bertz CT molecular complexity index is 717. The lowest BCUT2D eigenvalue weighted by atomic mass is 10.1. The highest BCUT2D eigenvalue weighted by atomic mass is 35.5. The second kappa shape index (κ2) is 6.92. The summed E-state index contributed by atoms with van der Waals surface area (Å²) in [5.74, 6) is 1.42. The Morgan fingerprint density at radius 2 is 2.04 bits per heavy atom. The van der Waals surface area contributed by atoms with Crippen LogP contribution in [0.2, 0.25) is 5.02 Å². The van der Waals surface area contributed by atoms with Crippen LogP contribution >= 0.6 is 11.6 Å². The van der Waals surface area contributed by atoms with Crippen LogP contribution in [-0.4, -0.2) is 18.6 Å². The predicted octanol–water partition coefficient (Wildman–Crippen LogP) is 4.21. The smallest absolute Gasteiger partial charge is 0.224 e. The van der Waals surface area contributed by atoms with Gasteiger partial charge in [-0.15, -0.1) is 0 Å². The van der Waals surface area contributed by atoms with Gasteiger partial charge < -0.3 is 14.8 Å². The van der Waals surface area contributed by atoms with Crippen LogP contribution in [-0.2, 0) is 4.79 Å². The summed E-state index contributed by atoms with van der Waals surface area (Å²) in [6, 6.07) is 13.0. The number of amides is 1. The van der Waals surface area contributed by atoms with Gasteiger partial charge in [0.1, 0.15) is 12.7 Å². The van der Waals surface area contributed by atoms with Gasteiger partial charge in [0.25, 0.3) is 0 Å². The van der Waals surface area contributed by atoms with Gasteiger partial charge in [0.2, 0.25) is 5.91 Å². The maximum absolute atomic E-state index is 12.0. The fourth-order valence-corrected chi connectivity index (χ4v) is 2.57. The van der Waals surface area contributed by atoms with Crippen LogP contribution in [0.4, 0.5) is 5.69 Å². The molecule has 1 aliphatic heterocycles. The van der Waals surface area contributed by atoms with Gasteiger partial charge in [0.05, 0.1) is 0 Å². The van der Waals surface area contributed by atoms with Gasteiger partial charge in [-0.2, -0.15) is 0 Å². The summed E-state index contributed by atoms with van der Waals surface area (Å²) in [4.78, 5) is 12.0. The van der Waals surface area contributed by atoms with E-state index in [0.29, 0.717) is 30.2 Å². The van der Waals surface area contributed by atoms with E-state index >= 15 is 0 Å². The first kappa shape index (κ1) is 15.7. The summed E-state index contributed by atoms with van der Waals surface area (Å²) in [6.07, 6.45) is 0.846. The minimum absolute atomic E-state index is 0.0626. The molecule has 4 nitrogen and oxygen atoms in total. The first-order valence-electron chi connectivity index (χ1n) is 7.56. The van der Waals surface area contributed by atoms with E-state index in [9.17, 15) is 4.79 Å². The van der Waals surface area contributed by atoms with E-state index < -0.39 is 0 Å². The summed E-state index contributed by atoms with van der Waals surface area (Å²) < 4.78 is 11.5. The summed E-state index contributed by atoms with van der Waals surface area (Å²) in [5.41, 5.74) is 1.69. The molecule has 23 heavy (non-hydrogen) atoms. The van der Waals surface area contributed by atoms with E-state index in [1.54, 1.807) is 6.07 Å². The molecule has 0 saturated carbocycles. The third kappa shape index (κ3) is 3.96. The fraction of sp³-hybridized carbons (Fsp3) is 0.278. The summed E-state index contributed by atoms with van der Waals surface area (Å²) in [5, 5.41) is 3.49. The second-order valence-corrected chi connectivity index (χ2v) is 5.96. The third-order valence-electron chi connectivity index (χ3n) is 3.72. The average Bonchev–Trinajstić information content (AvgIpc) is 2.56. The van der Waals surface area contributed by atoms with E-state index in [1.807, 2.05) is 43.3 Å². The number of carbonyl (C=O) groups excluding carboxylic acids is 1. The Morgan fingerprint density at radius 1 is 1.26 bits per heavy atom. The van der Waals surface area contributed by atoms with Crippen LogP contribution in [0.25, 0.3) is 0 Å². The number of benzene rings is 2. The van der Waals surface area contributed by atoms with Crippen molar-refractivity contribution in [3.63, 3.8) is 0 Å². The molecule has 0 unspecified atom stereocenters. The van der Waals surface area contributed by atoms with Crippen molar-refractivity contribution in [1.82, 2.24) is 0 Å². The van der Waals surface area contributed by atoms with Crippen molar-refractivity contribution in [3.8, 4) is 11.5 Å². The quantitative estimate of drug-likeness (QED) is 0.913. The van der Waals surface area contributed by atoms with Gasteiger partial charge in [0.15, 0.2) is 11.5 Å². The summed E-state index contributed by atoms with van der Waals surface area (Å²) in [7, 11) is 0. The monoisotopic (exact) mass is 331 g/mol. The number of anilines is 1. The number of aryl methyl sites for hydroxylation is 1. The van der Waals surface area contributed by atoms with Gasteiger partial charge in [-0.1, -0.05) is 29.8 Å². The Kier molecular flexibility index (Phi) is 4.72. The SMILES string of the molecule is Cc1ccc(NC(=O)CC[C@H]2COc3ccccc3O2)cc1Cl. The van der Waals surface area contributed by atoms with Crippen molar-refractivity contribution in [3.05, 3.63) is 53.1 Å². The van der Waals surface area contributed by atoms with E-state index in [0.717, 1.165) is 17.1 Å². The first-order valence-corrected chi connectivity index (χ1v) is 7.94. The van der Waals surface area contributed by atoms with Crippen LogP contribution in [0.15, 0.2) is 42.5 Å². The van der Waals surface area contributed by atoms with Crippen molar-refractivity contribution in [2.24, 2.45) is 0 Å². The summed E-state index contributed by atoms with van der Waals surface area (Å²) >= 11 is 6.06. The maximum atomic E-state index is 12.0.